The third kappa shape index (κ3) is 5.59. The number of hydrogen-bond donors (Lipinski definition) is 0. The summed E-state index contributed by atoms with van der Waals surface area (Å²) < 4.78 is 15.4. The highest BCUT2D eigenvalue weighted by Crippen LogP contribution is 2.35. The van der Waals surface area contributed by atoms with Gasteiger partial charge < -0.3 is 14.4 Å². The maximum absolute atomic E-state index is 6.01. The summed E-state index contributed by atoms with van der Waals surface area (Å²) in [5.41, 5.74) is 3.52. The van der Waals surface area contributed by atoms with Gasteiger partial charge in [-0.3, -0.25) is 4.90 Å². The molecule has 3 aliphatic rings. The van der Waals surface area contributed by atoms with E-state index in [-0.39, 0.29) is 6.23 Å². The monoisotopic (exact) mass is 571 g/mol. The van der Waals surface area contributed by atoms with Crippen LogP contribution in [0.3, 0.4) is 0 Å². The van der Waals surface area contributed by atoms with E-state index in [9.17, 15) is 0 Å². The van der Waals surface area contributed by atoms with Gasteiger partial charge in [0.25, 0.3) is 0 Å². The van der Waals surface area contributed by atoms with Gasteiger partial charge >= 0.3 is 0 Å². The first-order chi connectivity index (χ1) is 20.6. The SMILES string of the molecule is COc1cc(-c2cn(Cc3ccc(N4CCCC(N5CCC(C)CC5)C4)nn3)nn2)c2cnn(C3CCCCO3)c2c1. The number of likely N-dealkylation sites (tertiary alicyclic amines) is 1. The van der Waals surface area contributed by atoms with Gasteiger partial charge in [-0.15, -0.1) is 10.2 Å². The van der Waals surface area contributed by atoms with Gasteiger partial charge in [0, 0.05) is 42.8 Å². The minimum absolute atomic E-state index is 0.0576. The van der Waals surface area contributed by atoms with Crippen molar-refractivity contribution in [1.29, 1.82) is 0 Å². The number of benzene rings is 1. The number of nitrogens with zero attached hydrogens (tertiary/aromatic N) is 9. The summed E-state index contributed by atoms with van der Waals surface area (Å²) in [6.07, 6.45) is 12.1. The summed E-state index contributed by atoms with van der Waals surface area (Å²) in [6, 6.07) is 8.80. The molecule has 6 heterocycles. The van der Waals surface area contributed by atoms with Gasteiger partial charge in [-0.1, -0.05) is 12.1 Å². The molecule has 2 unspecified atom stereocenters. The fourth-order valence-electron chi connectivity index (χ4n) is 6.72. The average molecular weight is 572 g/mol. The number of hydrogen-bond acceptors (Lipinski definition) is 9. The van der Waals surface area contributed by atoms with Crippen molar-refractivity contribution < 1.29 is 9.47 Å². The number of piperidine rings is 2. The topological polar surface area (TPSA) is 99.3 Å². The normalized spacial score (nSPS) is 22.6. The lowest BCUT2D eigenvalue weighted by Crippen LogP contribution is -2.50. The van der Waals surface area contributed by atoms with E-state index in [0.29, 0.717) is 12.6 Å². The molecular formula is C31H41N9O2. The number of anilines is 1. The number of rotatable bonds is 7. The Bertz CT molecular complexity index is 1490. The molecule has 4 aromatic rings. The molecule has 0 amide bonds. The van der Waals surface area contributed by atoms with E-state index in [4.69, 9.17) is 14.6 Å². The Morgan fingerprint density at radius 3 is 2.67 bits per heavy atom. The maximum Gasteiger partial charge on any atom is 0.151 e. The number of aromatic nitrogens is 7. The van der Waals surface area contributed by atoms with E-state index in [2.05, 4.69) is 49.4 Å². The molecule has 3 aromatic heterocycles. The molecule has 3 saturated heterocycles. The van der Waals surface area contributed by atoms with E-state index in [1.165, 1.54) is 38.8 Å². The second kappa shape index (κ2) is 12.0. The van der Waals surface area contributed by atoms with Crippen LogP contribution in [0, 0.1) is 5.92 Å². The second-order valence-electron chi connectivity index (χ2n) is 12.2. The molecule has 0 spiro atoms. The molecule has 0 aliphatic carbocycles. The zero-order valence-corrected chi connectivity index (χ0v) is 24.7. The summed E-state index contributed by atoms with van der Waals surface area (Å²) in [6.45, 7) is 8.16. The Hall–Kier alpha value is -3.57. The van der Waals surface area contributed by atoms with Gasteiger partial charge in [0.15, 0.2) is 12.0 Å². The Morgan fingerprint density at radius 2 is 1.88 bits per heavy atom. The minimum atomic E-state index is -0.0576. The predicted molar refractivity (Wildman–Crippen MR) is 160 cm³/mol. The third-order valence-electron chi connectivity index (χ3n) is 9.25. The van der Waals surface area contributed by atoms with E-state index in [1.54, 1.807) is 7.11 Å². The molecule has 3 fully saturated rings. The van der Waals surface area contributed by atoms with Crippen molar-refractivity contribution in [2.24, 2.45) is 5.92 Å². The van der Waals surface area contributed by atoms with Gasteiger partial charge in [-0.05, 0) is 82.2 Å². The van der Waals surface area contributed by atoms with Crippen molar-refractivity contribution in [3.8, 4) is 17.0 Å². The quantitative estimate of drug-likeness (QED) is 0.317. The van der Waals surface area contributed by atoms with Gasteiger partial charge in [-0.25, -0.2) is 9.36 Å². The van der Waals surface area contributed by atoms with Gasteiger partial charge in [0.2, 0.25) is 0 Å². The molecule has 3 aliphatic heterocycles. The van der Waals surface area contributed by atoms with Crippen molar-refractivity contribution in [1.82, 2.24) is 39.9 Å². The first kappa shape index (κ1) is 27.3. The highest BCUT2D eigenvalue weighted by atomic mass is 16.5. The molecule has 222 valence electrons. The third-order valence-corrected chi connectivity index (χ3v) is 9.25. The highest BCUT2D eigenvalue weighted by Gasteiger charge is 2.28. The van der Waals surface area contributed by atoms with Crippen LogP contribution in [0.1, 0.15) is 63.8 Å². The Kier molecular flexibility index (Phi) is 7.77. The first-order valence-corrected chi connectivity index (χ1v) is 15.5. The van der Waals surface area contributed by atoms with Crippen LogP contribution in [0.25, 0.3) is 22.2 Å². The molecule has 0 saturated carbocycles. The summed E-state index contributed by atoms with van der Waals surface area (Å²) in [5.74, 6) is 2.57. The molecule has 2 atom stereocenters. The molecule has 1 aromatic carbocycles. The molecule has 11 heteroatoms. The number of ether oxygens (including phenoxy) is 2. The van der Waals surface area contributed by atoms with Crippen LogP contribution in [-0.4, -0.2) is 85.8 Å². The smallest absolute Gasteiger partial charge is 0.151 e. The zero-order valence-electron chi connectivity index (χ0n) is 24.7. The van der Waals surface area contributed by atoms with Gasteiger partial charge in [0.05, 0.1) is 37.3 Å². The van der Waals surface area contributed by atoms with Crippen LogP contribution in [0.5, 0.6) is 5.75 Å². The highest BCUT2D eigenvalue weighted by molar-refractivity contribution is 5.95. The van der Waals surface area contributed by atoms with Crippen molar-refractivity contribution >= 4 is 16.7 Å². The molecule has 0 N–H and O–H groups in total. The number of methoxy groups -OCH3 is 1. The molecule has 0 bridgehead atoms. The van der Waals surface area contributed by atoms with E-state index in [1.807, 2.05) is 33.9 Å². The lowest BCUT2D eigenvalue weighted by molar-refractivity contribution is -0.0366. The van der Waals surface area contributed by atoms with Crippen molar-refractivity contribution in [3.05, 3.63) is 42.4 Å². The maximum atomic E-state index is 6.01. The Morgan fingerprint density at radius 1 is 0.976 bits per heavy atom. The lowest BCUT2D eigenvalue weighted by atomic mass is 9.95. The lowest BCUT2D eigenvalue weighted by Gasteiger charge is -2.42. The molecular weight excluding hydrogens is 530 g/mol. The van der Waals surface area contributed by atoms with Crippen LogP contribution < -0.4 is 9.64 Å². The fourth-order valence-corrected chi connectivity index (χ4v) is 6.72. The van der Waals surface area contributed by atoms with Crippen molar-refractivity contribution in [2.75, 3.05) is 44.8 Å². The Labute approximate surface area is 246 Å². The molecule has 7 rings (SSSR count). The van der Waals surface area contributed by atoms with Crippen LogP contribution >= 0.6 is 0 Å². The standard InChI is InChI=1S/C31H41N9O2/c1-22-10-13-37(14-11-22)24-6-5-12-38(20-24)30-9-8-23(33-35-30)19-39-21-28(34-36-39)26-16-25(41-2)17-29-27(26)18-32-40(29)31-7-3-4-15-42-31/h8-9,16-18,21-22,24,31H,3-7,10-15,19-20H2,1-2H3. The summed E-state index contributed by atoms with van der Waals surface area (Å²) in [7, 11) is 1.68. The minimum Gasteiger partial charge on any atom is -0.497 e. The van der Waals surface area contributed by atoms with Crippen LogP contribution in [0.15, 0.2) is 36.7 Å². The Balaban J connectivity index is 1.05. The summed E-state index contributed by atoms with van der Waals surface area (Å²) in [4.78, 5) is 5.10. The van der Waals surface area contributed by atoms with E-state index >= 15 is 0 Å². The molecule has 0 radical (unpaired) electrons. The zero-order chi connectivity index (χ0) is 28.5. The van der Waals surface area contributed by atoms with Crippen LogP contribution in [-0.2, 0) is 11.3 Å². The van der Waals surface area contributed by atoms with Crippen LogP contribution in [0.4, 0.5) is 5.82 Å². The van der Waals surface area contributed by atoms with Crippen LogP contribution in [0.2, 0.25) is 0 Å². The first-order valence-electron chi connectivity index (χ1n) is 15.5. The molecule has 42 heavy (non-hydrogen) atoms. The summed E-state index contributed by atoms with van der Waals surface area (Å²) >= 11 is 0. The average Bonchev–Trinajstić information content (AvgIpc) is 3.69. The summed E-state index contributed by atoms with van der Waals surface area (Å²) in [5, 5.41) is 23.8. The van der Waals surface area contributed by atoms with Crippen molar-refractivity contribution in [3.63, 3.8) is 0 Å². The predicted octanol–water partition coefficient (Wildman–Crippen LogP) is 4.54. The van der Waals surface area contributed by atoms with E-state index in [0.717, 1.165) is 84.3 Å². The number of fused-ring (bicyclic) bond motifs is 1. The van der Waals surface area contributed by atoms with Gasteiger partial charge in [-0.2, -0.15) is 10.2 Å². The largest absolute Gasteiger partial charge is 0.497 e. The van der Waals surface area contributed by atoms with Gasteiger partial charge in [0.1, 0.15) is 11.4 Å². The van der Waals surface area contributed by atoms with Crippen molar-refractivity contribution in [2.45, 2.75) is 70.7 Å². The second-order valence-corrected chi connectivity index (χ2v) is 12.2. The molecule has 11 nitrogen and oxygen atoms in total. The fraction of sp³-hybridized carbons (Fsp3) is 0.581. The van der Waals surface area contributed by atoms with E-state index < -0.39 is 0 Å².